The van der Waals surface area contributed by atoms with Crippen LogP contribution in [0.5, 0.6) is 0 Å². The summed E-state index contributed by atoms with van der Waals surface area (Å²) >= 11 is 1.74. The highest BCUT2D eigenvalue weighted by Crippen LogP contribution is 2.32. The van der Waals surface area contributed by atoms with Crippen molar-refractivity contribution in [3.8, 4) is 11.4 Å². The van der Waals surface area contributed by atoms with E-state index in [-0.39, 0.29) is 0 Å². The van der Waals surface area contributed by atoms with Gasteiger partial charge in [0.1, 0.15) is 10.6 Å². The van der Waals surface area contributed by atoms with Crippen molar-refractivity contribution >= 4 is 27.4 Å². The van der Waals surface area contributed by atoms with Gasteiger partial charge in [0.25, 0.3) is 0 Å². The molecule has 1 N–H and O–H groups in total. The van der Waals surface area contributed by atoms with E-state index in [2.05, 4.69) is 37.1 Å². The molecule has 0 bridgehead atoms. The third-order valence-corrected chi connectivity index (χ3v) is 4.59. The second kappa shape index (κ2) is 5.77. The summed E-state index contributed by atoms with van der Waals surface area (Å²) in [7, 11) is 0. The predicted molar refractivity (Wildman–Crippen MR) is 88.9 cm³/mol. The molecule has 0 radical (unpaired) electrons. The maximum absolute atomic E-state index is 4.75. The molecule has 0 aliphatic rings. The van der Waals surface area contributed by atoms with Crippen LogP contribution < -0.4 is 5.32 Å². The standard InChI is InChI=1S/C16H18N4S/c1-4-11-8-12-14(18-5-2)19-15(20-16(12)21-11)13-9-17-7-6-10(13)3/h6-9H,4-5H2,1-3H3,(H,18,19,20). The van der Waals surface area contributed by atoms with E-state index < -0.39 is 0 Å². The number of fused-ring (bicyclic) bond motifs is 1. The van der Waals surface area contributed by atoms with Crippen LogP contribution in [-0.4, -0.2) is 21.5 Å². The van der Waals surface area contributed by atoms with E-state index in [1.807, 2.05) is 12.3 Å². The third kappa shape index (κ3) is 2.61. The molecule has 0 unspecified atom stereocenters. The molecule has 4 nitrogen and oxygen atoms in total. The molecule has 0 aliphatic heterocycles. The SMILES string of the molecule is CCNc1nc(-c2cnccc2C)nc2sc(CC)cc12. The number of rotatable bonds is 4. The molecule has 108 valence electrons. The highest BCUT2D eigenvalue weighted by molar-refractivity contribution is 7.18. The van der Waals surface area contributed by atoms with Crippen molar-refractivity contribution in [3.63, 3.8) is 0 Å². The topological polar surface area (TPSA) is 50.7 Å². The Labute approximate surface area is 128 Å². The van der Waals surface area contributed by atoms with Crippen LogP contribution >= 0.6 is 11.3 Å². The van der Waals surface area contributed by atoms with Crippen molar-refractivity contribution in [1.29, 1.82) is 0 Å². The molecule has 0 aliphatic carbocycles. The average Bonchev–Trinajstić information content (AvgIpc) is 2.91. The van der Waals surface area contributed by atoms with E-state index in [0.717, 1.165) is 46.0 Å². The van der Waals surface area contributed by atoms with Crippen molar-refractivity contribution in [1.82, 2.24) is 15.0 Å². The number of hydrogen-bond acceptors (Lipinski definition) is 5. The van der Waals surface area contributed by atoms with Gasteiger partial charge >= 0.3 is 0 Å². The molecule has 0 amide bonds. The Hall–Kier alpha value is -2.01. The molecule has 3 aromatic heterocycles. The molecule has 0 fully saturated rings. The summed E-state index contributed by atoms with van der Waals surface area (Å²) in [4.78, 5) is 16.0. The first-order valence-electron chi connectivity index (χ1n) is 7.18. The lowest BCUT2D eigenvalue weighted by Gasteiger charge is -2.08. The summed E-state index contributed by atoms with van der Waals surface area (Å²) in [5.41, 5.74) is 2.13. The Morgan fingerprint density at radius 3 is 2.81 bits per heavy atom. The van der Waals surface area contributed by atoms with Crippen molar-refractivity contribution < 1.29 is 0 Å². The van der Waals surface area contributed by atoms with Crippen LogP contribution in [0.4, 0.5) is 5.82 Å². The first kappa shape index (κ1) is 13.9. The maximum atomic E-state index is 4.75. The largest absolute Gasteiger partial charge is 0.370 e. The molecule has 0 aromatic carbocycles. The van der Waals surface area contributed by atoms with E-state index in [1.54, 1.807) is 17.5 Å². The molecule has 5 heteroatoms. The van der Waals surface area contributed by atoms with Crippen molar-refractivity contribution in [2.45, 2.75) is 27.2 Å². The number of nitrogens with zero attached hydrogens (tertiary/aromatic N) is 3. The Bertz CT molecular complexity index is 779. The van der Waals surface area contributed by atoms with Crippen molar-refractivity contribution in [2.75, 3.05) is 11.9 Å². The molecular weight excluding hydrogens is 280 g/mol. The molecule has 21 heavy (non-hydrogen) atoms. The van der Waals surface area contributed by atoms with Gasteiger partial charge in [0.2, 0.25) is 0 Å². The smallest absolute Gasteiger partial charge is 0.164 e. The van der Waals surface area contributed by atoms with Gasteiger partial charge < -0.3 is 5.32 Å². The van der Waals surface area contributed by atoms with E-state index >= 15 is 0 Å². The van der Waals surface area contributed by atoms with Gasteiger partial charge in [-0.25, -0.2) is 9.97 Å². The fourth-order valence-electron chi connectivity index (χ4n) is 2.27. The Morgan fingerprint density at radius 2 is 2.10 bits per heavy atom. The number of thiophene rings is 1. The highest BCUT2D eigenvalue weighted by atomic mass is 32.1. The van der Waals surface area contributed by atoms with E-state index in [1.165, 1.54) is 4.88 Å². The predicted octanol–water partition coefficient (Wildman–Crippen LogP) is 4.06. The maximum Gasteiger partial charge on any atom is 0.164 e. The zero-order valence-electron chi connectivity index (χ0n) is 12.5. The first-order chi connectivity index (χ1) is 10.2. The summed E-state index contributed by atoms with van der Waals surface area (Å²) < 4.78 is 0. The van der Waals surface area contributed by atoms with Gasteiger partial charge in [-0.15, -0.1) is 11.3 Å². The number of nitrogens with one attached hydrogen (secondary N) is 1. The first-order valence-corrected chi connectivity index (χ1v) is 7.99. The van der Waals surface area contributed by atoms with Crippen LogP contribution in [0.1, 0.15) is 24.3 Å². The Morgan fingerprint density at radius 1 is 1.24 bits per heavy atom. The molecule has 3 rings (SSSR count). The van der Waals surface area contributed by atoms with Crippen LogP contribution in [-0.2, 0) is 6.42 Å². The number of pyridine rings is 1. The minimum Gasteiger partial charge on any atom is -0.370 e. The number of aryl methyl sites for hydroxylation is 2. The van der Waals surface area contributed by atoms with Gasteiger partial charge in [-0.1, -0.05) is 6.92 Å². The lowest BCUT2D eigenvalue weighted by Crippen LogP contribution is -2.02. The molecule has 0 atom stereocenters. The van der Waals surface area contributed by atoms with Crippen LogP contribution in [0, 0.1) is 6.92 Å². The van der Waals surface area contributed by atoms with Gasteiger partial charge in [0.05, 0.1) is 5.39 Å². The molecule has 0 saturated carbocycles. The summed E-state index contributed by atoms with van der Waals surface area (Å²) in [5.74, 6) is 1.66. The van der Waals surface area contributed by atoms with Crippen LogP contribution in [0.3, 0.4) is 0 Å². The second-order valence-electron chi connectivity index (χ2n) is 4.90. The van der Waals surface area contributed by atoms with Crippen LogP contribution in [0.2, 0.25) is 0 Å². The lowest BCUT2D eigenvalue weighted by molar-refractivity contribution is 1.14. The second-order valence-corrected chi connectivity index (χ2v) is 6.02. The van der Waals surface area contributed by atoms with E-state index in [0.29, 0.717) is 0 Å². The quantitative estimate of drug-likeness (QED) is 0.789. The number of hydrogen-bond donors (Lipinski definition) is 1. The van der Waals surface area contributed by atoms with Crippen molar-refractivity contribution in [2.24, 2.45) is 0 Å². The summed E-state index contributed by atoms with van der Waals surface area (Å²) in [5, 5.41) is 4.47. The average molecular weight is 298 g/mol. The normalized spacial score (nSPS) is 11.0. The van der Waals surface area contributed by atoms with Crippen molar-refractivity contribution in [3.05, 3.63) is 35.0 Å². The summed E-state index contributed by atoms with van der Waals surface area (Å²) in [6.45, 7) is 7.14. The monoisotopic (exact) mass is 298 g/mol. The van der Waals surface area contributed by atoms with Crippen LogP contribution in [0.15, 0.2) is 24.5 Å². The summed E-state index contributed by atoms with van der Waals surface area (Å²) in [6, 6.07) is 4.18. The fourth-order valence-corrected chi connectivity index (χ4v) is 3.23. The minimum absolute atomic E-state index is 0.744. The highest BCUT2D eigenvalue weighted by Gasteiger charge is 2.13. The molecule has 0 saturated heterocycles. The molecule has 3 heterocycles. The lowest BCUT2D eigenvalue weighted by atomic mass is 10.1. The van der Waals surface area contributed by atoms with E-state index in [9.17, 15) is 0 Å². The molecule has 0 spiro atoms. The molecule has 3 aromatic rings. The third-order valence-electron chi connectivity index (χ3n) is 3.42. The zero-order valence-corrected chi connectivity index (χ0v) is 13.3. The van der Waals surface area contributed by atoms with Gasteiger partial charge in [0, 0.05) is 29.4 Å². The zero-order chi connectivity index (χ0) is 14.8. The Kier molecular flexibility index (Phi) is 3.84. The van der Waals surface area contributed by atoms with E-state index in [4.69, 9.17) is 9.97 Å². The minimum atomic E-state index is 0.744. The van der Waals surface area contributed by atoms with Gasteiger partial charge in [-0.3, -0.25) is 4.98 Å². The molecular formula is C16H18N4S. The number of anilines is 1. The Balaban J connectivity index is 2.22. The number of aromatic nitrogens is 3. The fraction of sp³-hybridized carbons (Fsp3) is 0.312. The van der Waals surface area contributed by atoms with Gasteiger partial charge in [0.15, 0.2) is 5.82 Å². The summed E-state index contributed by atoms with van der Waals surface area (Å²) in [6.07, 6.45) is 4.65. The van der Waals surface area contributed by atoms with Gasteiger partial charge in [-0.2, -0.15) is 0 Å². The van der Waals surface area contributed by atoms with Crippen LogP contribution in [0.25, 0.3) is 21.6 Å². The van der Waals surface area contributed by atoms with Gasteiger partial charge in [-0.05, 0) is 38.0 Å².